The zero-order valence-corrected chi connectivity index (χ0v) is 15.2. The number of amides is 1. The smallest absolute Gasteiger partial charge is 0.251 e. The second kappa shape index (κ2) is 8.01. The molecule has 0 saturated carbocycles. The van der Waals surface area contributed by atoms with Crippen LogP contribution in [0.25, 0.3) is 11.1 Å². The maximum Gasteiger partial charge on any atom is 0.251 e. The molecule has 134 valence electrons. The van der Waals surface area contributed by atoms with Crippen LogP contribution in [-0.2, 0) is 11.2 Å². The van der Waals surface area contributed by atoms with E-state index in [0.717, 1.165) is 22.9 Å². The van der Waals surface area contributed by atoms with Gasteiger partial charge in [-0.15, -0.1) is 0 Å². The van der Waals surface area contributed by atoms with E-state index < -0.39 is 0 Å². The third-order valence-corrected chi connectivity index (χ3v) is 4.53. The van der Waals surface area contributed by atoms with Gasteiger partial charge in [0.05, 0.1) is 17.5 Å². The van der Waals surface area contributed by atoms with Crippen molar-refractivity contribution in [1.82, 2.24) is 15.1 Å². The predicted octanol–water partition coefficient (Wildman–Crippen LogP) is 3.03. The average Bonchev–Trinajstić information content (AvgIpc) is 3.08. The monoisotopic (exact) mass is 370 g/mol. The molecule has 0 bridgehead atoms. The van der Waals surface area contributed by atoms with Gasteiger partial charge in [-0.3, -0.25) is 14.9 Å². The summed E-state index contributed by atoms with van der Waals surface area (Å²) in [6.45, 7) is 3.92. The number of anilines is 1. The quantitative estimate of drug-likeness (QED) is 0.511. The Balaban J connectivity index is 1.66. The Hall–Kier alpha value is -2.87. The summed E-state index contributed by atoms with van der Waals surface area (Å²) in [6.07, 6.45) is 2.22. The van der Waals surface area contributed by atoms with Gasteiger partial charge in [-0.25, -0.2) is 4.98 Å². The number of hydrogen-bond donors (Lipinski definition) is 2. The van der Waals surface area contributed by atoms with Gasteiger partial charge >= 0.3 is 0 Å². The summed E-state index contributed by atoms with van der Waals surface area (Å²) in [5.41, 5.74) is 3.22. The van der Waals surface area contributed by atoms with E-state index in [4.69, 9.17) is 4.52 Å². The first kappa shape index (κ1) is 17.9. The molecule has 3 rings (SSSR count). The van der Waals surface area contributed by atoms with Crippen LogP contribution in [0.5, 0.6) is 0 Å². The van der Waals surface area contributed by atoms with Gasteiger partial charge in [0.15, 0.2) is 5.16 Å². The average molecular weight is 370 g/mol. The number of aromatic amines is 1. The van der Waals surface area contributed by atoms with Gasteiger partial charge in [-0.05, 0) is 18.9 Å². The summed E-state index contributed by atoms with van der Waals surface area (Å²) in [6, 6.07) is 9.29. The number of carbonyl (C=O) groups is 1. The van der Waals surface area contributed by atoms with E-state index in [1.807, 2.05) is 38.1 Å². The molecule has 26 heavy (non-hydrogen) atoms. The van der Waals surface area contributed by atoms with Crippen molar-refractivity contribution < 1.29 is 9.32 Å². The molecule has 0 radical (unpaired) electrons. The number of aryl methyl sites for hydroxylation is 2. The Morgan fingerprint density at radius 3 is 2.81 bits per heavy atom. The van der Waals surface area contributed by atoms with Crippen LogP contribution in [0.1, 0.15) is 18.2 Å². The number of benzene rings is 1. The number of H-pyrrole nitrogens is 1. The molecule has 0 spiro atoms. The summed E-state index contributed by atoms with van der Waals surface area (Å²) in [5.74, 6) is 0.109. The van der Waals surface area contributed by atoms with E-state index in [9.17, 15) is 9.59 Å². The molecule has 8 heteroatoms. The maximum atomic E-state index is 12.2. The molecule has 0 atom stereocenters. The van der Waals surface area contributed by atoms with Crippen molar-refractivity contribution in [3.05, 3.63) is 58.1 Å². The summed E-state index contributed by atoms with van der Waals surface area (Å²) in [4.78, 5) is 30.7. The molecule has 0 saturated heterocycles. The number of thioether (sulfide) groups is 1. The van der Waals surface area contributed by atoms with Gasteiger partial charge in [-0.2, -0.15) is 0 Å². The van der Waals surface area contributed by atoms with Gasteiger partial charge in [-0.1, -0.05) is 53.7 Å². The van der Waals surface area contributed by atoms with Crippen LogP contribution in [0, 0.1) is 6.92 Å². The van der Waals surface area contributed by atoms with Crippen molar-refractivity contribution in [2.75, 3.05) is 11.1 Å². The predicted molar refractivity (Wildman–Crippen MR) is 100 cm³/mol. The minimum absolute atomic E-state index is 0.0874. The molecule has 2 aromatic heterocycles. The standard InChI is InChI=1S/C18H18N4O3S/c1-3-13-8-15(23)22-18(20-13)26-10-16(24)21-17-14(9-19-25-17)12-6-4-11(2)5-7-12/h4-9H,3,10H2,1-2H3,(H,21,24)(H,20,22,23). The molecule has 1 aromatic carbocycles. The lowest BCUT2D eigenvalue weighted by atomic mass is 10.1. The summed E-state index contributed by atoms with van der Waals surface area (Å²) in [5, 5.41) is 6.90. The highest BCUT2D eigenvalue weighted by atomic mass is 32.2. The van der Waals surface area contributed by atoms with E-state index in [-0.39, 0.29) is 17.2 Å². The third-order valence-electron chi connectivity index (χ3n) is 3.66. The minimum atomic E-state index is -0.273. The summed E-state index contributed by atoms with van der Waals surface area (Å²) in [7, 11) is 0. The molecule has 3 aromatic rings. The highest BCUT2D eigenvalue weighted by Crippen LogP contribution is 2.28. The van der Waals surface area contributed by atoms with Crippen LogP contribution in [0.4, 0.5) is 5.88 Å². The number of rotatable bonds is 6. The molecule has 7 nitrogen and oxygen atoms in total. The van der Waals surface area contributed by atoms with Crippen molar-refractivity contribution in [1.29, 1.82) is 0 Å². The van der Waals surface area contributed by atoms with Gasteiger partial charge in [0.25, 0.3) is 5.56 Å². The summed E-state index contributed by atoms with van der Waals surface area (Å²) >= 11 is 1.16. The Kier molecular flexibility index (Phi) is 5.52. The number of hydrogen-bond acceptors (Lipinski definition) is 6. The van der Waals surface area contributed by atoms with Gasteiger partial charge in [0.1, 0.15) is 0 Å². The third kappa shape index (κ3) is 4.40. The van der Waals surface area contributed by atoms with Crippen molar-refractivity contribution in [2.24, 2.45) is 0 Å². The fraction of sp³-hybridized carbons (Fsp3) is 0.222. The molecule has 1 amide bonds. The molecule has 0 aliphatic heterocycles. The van der Waals surface area contributed by atoms with E-state index in [1.165, 1.54) is 6.07 Å². The largest absolute Gasteiger partial charge is 0.338 e. The maximum absolute atomic E-state index is 12.2. The van der Waals surface area contributed by atoms with Crippen LogP contribution in [0.15, 0.2) is 51.0 Å². The number of aromatic nitrogens is 3. The normalized spacial score (nSPS) is 10.7. The summed E-state index contributed by atoms with van der Waals surface area (Å²) < 4.78 is 5.16. The van der Waals surface area contributed by atoms with Crippen molar-refractivity contribution in [3.8, 4) is 11.1 Å². The van der Waals surface area contributed by atoms with Crippen LogP contribution in [-0.4, -0.2) is 26.8 Å². The Bertz CT molecular complexity index is 963. The van der Waals surface area contributed by atoms with Crippen LogP contribution < -0.4 is 10.9 Å². The lowest BCUT2D eigenvalue weighted by Crippen LogP contribution is -2.16. The van der Waals surface area contributed by atoms with Gasteiger partial charge in [0.2, 0.25) is 11.8 Å². The Morgan fingerprint density at radius 1 is 1.31 bits per heavy atom. The Morgan fingerprint density at radius 2 is 2.08 bits per heavy atom. The molecule has 0 unspecified atom stereocenters. The fourth-order valence-corrected chi connectivity index (χ4v) is 2.99. The van der Waals surface area contributed by atoms with E-state index in [0.29, 0.717) is 28.7 Å². The number of nitrogens with zero attached hydrogens (tertiary/aromatic N) is 2. The minimum Gasteiger partial charge on any atom is -0.338 e. The molecule has 0 aliphatic carbocycles. The fourth-order valence-electron chi connectivity index (χ4n) is 2.30. The highest BCUT2D eigenvalue weighted by molar-refractivity contribution is 7.99. The van der Waals surface area contributed by atoms with Crippen molar-refractivity contribution in [3.63, 3.8) is 0 Å². The second-order valence-corrected chi connectivity index (χ2v) is 6.63. The van der Waals surface area contributed by atoms with Crippen molar-refractivity contribution in [2.45, 2.75) is 25.4 Å². The highest BCUT2D eigenvalue weighted by Gasteiger charge is 2.14. The lowest BCUT2D eigenvalue weighted by molar-refractivity contribution is -0.113. The van der Waals surface area contributed by atoms with Crippen molar-refractivity contribution >= 4 is 23.6 Å². The van der Waals surface area contributed by atoms with Gasteiger partial charge in [0, 0.05) is 11.8 Å². The van der Waals surface area contributed by atoms with E-state index >= 15 is 0 Å². The van der Waals surface area contributed by atoms with E-state index in [1.54, 1.807) is 6.20 Å². The first-order chi connectivity index (χ1) is 12.5. The Labute approximate surface area is 154 Å². The SMILES string of the molecule is CCc1cc(=O)[nH]c(SCC(=O)Nc2oncc2-c2ccc(C)cc2)n1. The second-order valence-electron chi connectivity index (χ2n) is 5.67. The first-order valence-electron chi connectivity index (χ1n) is 8.09. The molecule has 2 N–H and O–H groups in total. The van der Waals surface area contributed by atoms with Crippen LogP contribution >= 0.6 is 11.8 Å². The number of carbonyl (C=O) groups excluding carboxylic acids is 1. The molecular formula is C18H18N4O3S. The topological polar surface area (TPSA) is 101 Å². The zero-order valence-electron chi connectivity index (χ0n) is 14.4. The number of nitrogens with one attached hydrogen (secondary N) is 2. The lowest BCUT2D eigenvalue weighted by Gasteiger charge is -2.05. The molecule has 2 heterocycles. The molecule has 0 fully saturated rings. The zero-order chi connectivity index (χ0) is 18.5. The molecule has 0 aliphatic rings. The van der Waals surface area contributed by atoms with Crippen LogP contribution in [0.3, 0.4) is 0 Å². The van der Waals surface area contributed by atoms with Gasteiger partial charge < -0.3 is 9.51 Å². The first-order valence-corrected chi connectivity index (χ1v) is 9.08. The van der Waals surface area contributed by atoms with Crippen LogP contribution in [0.2, 0.25) is 0 Å². The molecular weight excluding hydrogens is 352 g/mol. The van der Waals surface area contributed by atoms with E-state index in [2.05, 4.69) is 20.4 Å².